The number of halogens is 3. The molecule has 3 N–H and O–H groups in total. The van der Waals surface area contributed by atoms with Crippen molar-refractivity contribution in [1.29, 1.82) is 0 Å². The van der Waals surface area contributed by atoms with E-state index in [0.29, 0.717) is 0 Å². The van der Waals surface area contributed by atoms with Crippen molar-refractivity contribution in [3.05, 3.63) is 33.8 Å². The number of amides is 1. The van der Waals surface area contributed by atoms with E-state index in [2.05, 4.69) is 21.1 Å². The van der Waals surface area contributed by atoms with Crippen molar-refractivity contribution >= 4 is 27.7 Å². The molecule has 1 aromatic carbocycles. The van der Waals surface area contributed by atoms with E-state index >= 15 is 0 Å². The quantitative estimate of drug-likeness (QED) is 0.379. The predicted molar refractivity (Wildman–Crippen MR) is 73.6 cm³/mol. The minimum atomic E-state index is -0.980. The second kappa shape index (κ2) is 6.65. The summed E-state index contributed by atoms with van der Waals surface area (Å²) in [6.07, 6.45) is 0. The maximum Gasteiger partial charge on any atom is 0.260 e. The average Bonchev–Trinajstić information content (AvgIpc) is 2.33. The number of hydrogen-bond donors (Lipinski definition) is 2. The molecular weight excluding hydrogens is 336 g/mol. The number of hydrogen-bond acceptors (Lipinski definition) is 3. The first-order valence-corrected chi connectivity index (χ1v) is 6.49. The minimum Gasteiger partial charge on any atom is -0.409 e. The van der Waals surface area contributed by atoms with Gasteiger partial charge in [-0.15, -0.1) is 0 Å². The molecule has 8 heteroatoms. The van der Waals surface area contributed by atoms with Gasteiger partial charge in [0.2, 0.25) is 0 Å². The first-order chi connectivity index (χ1) is 9.27. The number of carbonyl (C=O) groups excluding carboxylic acids is 1. The summed E-state index contributed by atoms with van der Waals surface area (Å²) in [5, 5.41) is 11.3. The zero-order chi connectivity index (χ0) is 15.4. The van der Waals surface area contributed by atoms with E-state index in [4.69, 9.17) is 10.9 Å². The van der Waals surface area contributed by atoms with Gasteiger partial charge in [-0.3, -0.25) is 4.79 Å². The molecule has 1 aromatic rings. The van der Waals surface area contributed by atoms with E-state index in [1.54, 1.807) is 13.8 Å². The monoisotopic (exact) mass is 349 g/mol. The van der Waals surface area contributed by atoms with Gasteiger partial charge in [0.1, 0.15) is 17.2 Å². The lowest BCUT2D eigenvalue weighted by Gasteiger charge is -2.26. The molecule has 20 heavy (non-hydrogen) atoms. The fraction of sp³-hybridized carbons (Fsp3) is 0.333. The summed E-state index contributed by atoms with van der Waals surface area (Å²) in [5.74, 6) is -3.06. The van der Waals surface area contributed by atoms with Crippen LogP contribution in [0.2, 0.25) is 0 Å². The molecule has 0 spiro atoms. The summed E-state index contributed by atoms with van der Waals surface area (Å²) in [6.45, 7) is 3.07. The van der Waals surface area contributed by atoms with Gasteiger partial charge in [0.05, 0.1) is 6.54 Å². The Kier molecular flexibility index (Phi) is 5.43. The van der Waals surface area contributed by atoms with Crippen LogP contribution in [0.4, 0.5) is 8.78 Å². The van der Waals surface area contributed by atoms with Crippen molar-refractivity contribution in [3.8, 4) is 0 Å². The Balaban J connectivity index is 3.20. The average molecular weight is 350 g/mol. The standard InChI is InChI=1S/C12H14BrF2N3O2/c1-6(2)18(5-10(16)17-20)12(19)11-8(14)3-7(13)4-9(11)15/h3-4,6,20H,5H2,1-2H3,(H2,16,17). The maximum atomic E-state index is 13.8. The number of nitrogens with zero attached hydrogens (tertiary/aromatic N) is 2. The van der Waals surface area contributed by atoms with Crippen LogP contribution in [0.5, 0.6) is 0 Å². The summed E-state index contributed by atoms with van der Waals surface area (Å²) in [7, 11) is 0. The van der Waals surface area contributed by atoms with Crippen LogP contribution >= 0.6 is 15.9 Å². The van der Waals surface area contributed by atoms with E-state index in [0.717, 1.165) is 17.0 Å². The van der Waals surface area contributed by atoms with E-state index in [9.17, 15) is 13.6 Å². The third-order valence-corrected chi connectivity index (χ3v) is 3.02. The summed E-state index contributed by atoms with van der Waals surface area (Å²) in [4.78, 5) is 13.3. The SMILES string of the molecule is CC(C)N(CC(N)=NO)C(=O)c1c(F)cc(Br)cc1F. The third-order valence-electron chi connectivity index (χ3n) is 2.57. The Morgan fingerprint density at radius 1 is 1.45 bits per heavy atom. The second-order valence-corrected chi connectivity index (χ2v) is 5.28. The van der Waals surface area contributed by atoms with Gasteiger partial charge >= 0.3 is 0 Å². The first kappa shape index (κ1) is 16.4. The fourth-order valence-corrected chi connectivity index (χ4v) is 1.99. The fourth-order valence-electron chi connectivity index (χ4n) is 1.59. The van der Waals surface area contributed by atoms with Crippen molar-refractivity contribution in [3.63, 3.8) is 0 Å². The van der Waals surface area contributed by atoms with Crippen LogP contribution in [-0.4, -0.2) is 34.4 Å². The molecule has 0 unspecified atom stereocenters. The van der Waals surface area contributed by atoms with Gasteiger partial charge in [-0.2, -0.15) is 0 Å². The molecule has 5 nitrogen and oxygen atoms in total. The number of rotatable bonds is 4. The number of carbonyl (C=O) groups is 1. The highest BCUT2D eigenvalue weighted by Crippen LogP contribution is 2.21. The van der Waals surface area contributed by atoms with Gasteiger partial charge in [-0.05, 0) is 26.0 Å². The predicted octanol–water partition coefficient (Wildman–Crippen LogP) is 2.32. The molecule has 0 aliphatic rings. The van der Waals surface area contributed by atoms with Crippen LogP contribution in [0.15, 0.2) is 21.8 Å². The molecule has 0 bridgehead atoms. The highest BCUT2D eigenvalue weighted by molar-refractivity contribution is 9.10. The zero-order valence-corrected chi connectivity index (χ0v) is 12.5. The van der Waals surface area contributed by atoms with Crippen LogP contribution in [-0.2, 0) is 0 Å². The molecule has 0 aliphatic heterocycles. The van der Waals surface area contributed by atoms with Crippen LogP contribution < -0.4 is 5.73 Å². The first-order valence-electron chi connectivity index (χ1n) is 5.69. The number of amidine groups is 1. The highest BCUT2D eigenvalue weighted by atomic mass is 79.9. The smallest absolute Gasteiger partial charge is 0.260 e. The highest BCUT2D eigenvalue weighted by Gasteiger charge is 2.26. The van der Waals surface area contributed by atoms with E-state index in [1.807, 2.05) is 0 Å². The van der Waals surface area contributed by atoms with E-state index in [1.165, 1.54) is 0 Å². The van der Waals surface area contributed by atoms with Gasteiger partial charge in [-0.25, -0.2) is 8.78 Å². The van der Waals surface area contributed by atoms with Gasteiger partial charge < -0.3 is 15.8 Å². The van der Waals surface area contributed by atoms with Crippen LogP contribution in [0.1, 0.15) is 24.2 Å². The Labute approximate surface area is 123 Å². The topological polar surface area (TPSA) is 78.9 Å². The Morgan fingerprint density at radius 2 is 1.95 bits per heavy atom. The maximum absolute atomic E-state index is 13.8. The minimum absolute atomic E-state index is 0.191. The molecule has 0 atom stereocenters. The van der Waals surface area contributed by atoms with Gasteiger partial charge in [0.15, 0.2) is 5.84 Å². The van der Waals surface area contributed by atoms with Crippen molar-refractivity contribution in [2.75, 3.05) is 6.54 Å². The van der Waals surface area contributed by atoms with Crippen molar-refractivity contribution in [2.24, 2.45) is 10.9 Å². The van der Waals surface area contributed by atoms with Crippen LogP contribution in [0, 0.1) is 11.6 Å². The molecule has 0 saturated heterocycles. The number of oxime groups is 1. The van der Waals surface area contributed by atoms with Crippen LogP contribution in [0.25, 0.3) is 0 Å². The second-order valence-electron chi connectivity index (χ2n) is 4.36. The van der Waals surface area contributed by atoms with Gasteiger partial charge in [-0.1, -0.05) is 21.1 Å². The number of benzene rings is 1. The molecular formula is C12H14BrF2N3O2. The Hall–Kier alpha value is -1.70. The molecule has 0 fully saturated rings. The lowest BCUT2D eigenvalue weighted by molar-refractivity contribution is 0.0724. The molecule has 1 rings (SSSR count). The summed E-state index contributed by atoms with van der Waals surface area (Å²) in [5.41, 5.74) is 4.67. The molecule has 0 aliphatic carbocycles. The Morgan fingerprint density at radius 3 is 2.35 bits per heavy atom. The van der Waals surface area contributed by atoms with Gasteiger partial charge in [0, 0.05) is 10.5 Å². The lowest BCUT2D eigenvalue weighted by Crippen LogP contribution is -2.43. The van der Waals surface area contributed by atoms with E-state index in [-0.39, 0.29) is 22.9 Å². The van der Waals surface area contributed by atoms with Crippen molar-refractivity contribution in [2.45, 2.75) is 19.9 Å². The third kappa shape index (κ3) is 3.66. The van der Waals surface area contributed by atoms with E-state index < -0.39 is 23.1 Å². The normalized spacial score (nSPS) is 11.8. The van der Waals surface area contributed by atoms with Gasteiger partial charge in [0.25, 0.3) is 5.91 Å². The van der Waals surface area contributed by atoms with Crippen molar-refractivity contribution in [1.82, 2.24) is 4.90 Å². The molecule has 0 heterocycles. The molecule has 110 valence electrons. The van der Waals surface area contributed by atoms with Crippen LogP contribution in [0.3, 0.4) is 0 Å². The zero-order valence-electron chi connectivity index (χ0n) is 10.9. The number of nitrogens with two attached hydrogens (primary N) is 1. The largest absolute Gasteiger partial charge is 0.409 e. The summed E-state index contributed by atoms with van der Waals surface area (Å²) in [6, 6.07) is 1.61. The molecule has 0 aromatic heterocycles. The Bertz CT molecular complexity index is 526. The lowest BCUT2D eigenvalue weighted by atomic mass is 10.1. The summed E-state index contributed by atoms with van der Waals surface area (Å²) < 4.78 is 27.7. The summed E-state index contributed by atoms with van der Waals surface area (Å²) >= 11 is 2.94. The molecule has 0 saturated carbocycles. The molecule has 1 amide bonds. The van der Waals surface area contributed by atoms with Crippen molar-refractivity contribution < 1.29 is 18.8 Å². The molecule has 0 radical (unpaired) electrons.